The van der Waals surface area contributed by atoms with Crippen LogP contribution in [-0.2, 0) is 0 Å². The van der Waals surface area contributed by atoms with Crippen LogP contribution in [0.15, 0.2) is 18.2 Å². The average molecular weight is 278 g/mol. The third-order valence-corrected chi connectivity index (χ3v) is 4.03. The predicted octanol–water partition coefficient (Wildman–Crippen LogP) is 2.70. The van der Waals surface area contributed by atoms with Crippen molar-refractivity contribution in [3.05, 3.63) is 38.9 Å². The van der Waals surface area contributed by atoms with Crippen molar-refractivity contribution in [3.63, 3.8) is 0 Å². The fourth-order valence-electron chi connectivity index (χ4n) is 1.72. The normalized spacial score (nSPS) is 12.4. The Bertz CT molecular complexity index is 612. The third-order valence-electron chi connectivity index (χ3n) is 2.91. The highest BCUT2D eigenvalue weighted by Gasteiger charge is 2.21. The van der Waals surface area contributed by atoms with E-state index in [1.54, 1.807) is 6.07 Å². The van der Waals surface area contributed by atoms with Gasteiger partial charge in [-0.1, -0.05) is 23.5 Å². The number of benzene rings is 1. The predicted molar refractivity (Wildman–Crippen MR) is 74.2 cm³/mol. The van der Waals surface area contributed by atoms with Gasteiger partial charge in [0.25, 0.3) is 5.69 Å². The second-order valence-corrected chi connectivity index (χ2v) is 5.19. The summed E-state index contributed by atoms with van der Waals surface area (Å²) in [7, 11) is 1.84. The fraction of sp³-hybridized carbons (Fsp3) is 0.333. The molecular weight excluding hydrogens is 264 g/mol. The lowest BCUT2D eigenvalue weighted by Crippen LogP contribution is -2.11. The highest BCUT2D eigenvalue weighted by Crippen LogP contribution is 2.35. The molecule has 1 heterocycles. The molecule has 19 heavy (non-hydrogen) atoms. The first kappa shape index (κ1) is 13.6. The summed E-state index contributed by atoms with van der Waals surface area (Å²) < 4.78 is 0. The summed E-state index contributed by atoms with van der Waals surface area (Å²) in [5.41, 5.74) is 1.45. The third kappa shape index (κ3) is 2.61. The van der Waals surface area contributed by atoms with E-state index in [0.29, 0.717) is 10.6 Å². The van der Waals surface area contributed by atoms with Crippen LogP contribution in [0.1, 0.15) is 23.5 Å². The van der Waals surface area contributed by atoms with E-state index in [1.807, 2.05) is 27.0 Å². The second-order valence-electron chi connectivity index (χ2n) is 4.18. The molecule has 0 aliphatic carbocycles. The minimum atomic E-state index is -0.384. The van der Waals surface area contributed by atoms with E-state index >= 15 is 0 Å². The molecule has 0 spiro atoms. The van der Waals surface area contributed by atoms with Gasteiger partial charge >= 0.3 is 0 Å². The lowest BCUT2D eigenvalue weighted by atomic mass is 10.1. The van der Waals surface area contributed by atoms with Crippen molar-refractivity contribution in [2.45, 2.75) is 19.9 Å². The van der Waals surface area contributed by atoms with Crippen molar-refractivity contribution >= 4 is 17.0 Å². The fourth-order valence-corrected chi connectivity index (χ4v) is 2.74. The Labute approximate surface area is 114 Å². The van der Waals surface area contributed by atoms with E-state index in [2.05, 4.69) is 15.5 Å². The quantitative estimate of drug-likeness (QED) is 0.687. The van der Waals surface area contributed by atoms with Crippen LogP contribution in [0.2, 0.25) is 0 Å². The van der Waals surface area contributed by atoms with Crippen LogP contribution in [0.5, 0.6) is 0 Å². The van der Waals surface area contributed by atoms with Gasteiger partial charge in [0.05, 0.1) is 16.5 Å². The monoisotopic (exact) mass is 278 g/mol. The van der Waals surface area contributed by atoms with Crippen molar-refractivity contribution in [1.82, 2.24) is 15.5 Å². The SMILES string of the molecule is CNC(C)c1nnc(-c2c(C)cccc2[N+](=O)[O-])s1. The molecule has 1 atom stereocenters. The van der Waals surface area contributed by atoms with Gasteiger partial charge in [-0.15, -0.1) is 10.2 Å². The summed E-state index contributed by atoms with van der Waals surface area (Å²) >= 11 is 1.38. The van der Waals surface area contributed by atoms with Crippen LogP contribution in [0, 0.1) is 17.0 Å². The Morgan fingerprint density at radius 2 is 2.16 bits per heavy atom. The number of nitro groups is 1. The average Bonchev–Trinajstić information content (AvgIpc) is 2.86. The maximum Gasteiger partial charge on any atom is 0.279 e. The zero-order valence-electron chi connectivity index (χ0n) is 10.9. The largest absolute Gasteiger partial charge is 0.311 e. The van der Waals surface area contributed by atoms with Gasteiger partial charge in [0.2, 0.25) is 0 Å². The molecule has 0 saturated heterocycles. The van der Waals surface area contributed by atoms with E-state index < -0.39 is 0 Å². The zero-order chi connectivity index (χ0) is 14.0. The standard InChI is InChI=1S/C12H14N4O2S/c1-7-5-4-6-9(16(17)18)10(7)12-15-14-11(19-12)8(2)13-3/h4-6,8,13H,1-3H3. The van der Waals surface area contributed by atoms with Crippen LogP contribution in [0.3, 0.4) is 0 Å². The Morgan fingerprint density at radius 1 is 1.42 bits per heavy atom. The molecule has 0 fully saturated rings. The van der Waals surface area contributed by atoms with E-state index in [1.165, 1.54) is 17.4 Å². The summed E-state index contributed by atoms with van der Waals surface area (Å²) in [6, 6.07) is 5.08. The van der Waals surface area contributed by atoms with Crippen molar-refractivity contribution in [1.29, 1.82) is 0 Å². The lowest BCUT2D eigenvalue weighted by Gasteiger charge is -2.04. The van der Waals surface area contributed by atoms with E-state index in [9.17, 15) is 10.1 Å². The number of hydrogen-bond donors (Lipinski definition) is 1. The number of nitrogens with zero attached hydrogens (tertiary/aromatic N) is 3. The molecule has 2 rings (SSSR count). The van der Waals surface area contributed by atoms with E-state index in [4.69, 9.17) is 0 Å². The molecule has 1 unspecified atom stereocenters. The summed E-state index contributed by atoms with van der Waals surface area (Å²) in [5.74, 6) is 0. The number of rotatable bonds is 4. The second kappa shape index (κ2) is 5.41. The topological polar surface area (TPSA) is 81.0 Å². The Morgan fingerprint density at radius 3 is 2.79 bits per heavy atom. The van der Waals surface area contributed by atoms with Crippen molar-refractivity contribution in [2.24, 2.45) is 0 Å². The first-order valence-electron chi connectivity index (χ1n) is 5.79. The van der Waals surface area contributed by atoms with Crippen LogP contribution < -0.4 is 5.32 Å². The molecule has 0 bridgehead atoms. The summed E-state index contributed by atoms with van der Waals surface area (Å²) in [6.45, 7) is 3.81. The summed E-state index contributed by atoms with van der Waals surface area (Å²) in [6.07, 6.45) is 0. The highest BCUT2D eigenvalue weighted by molar-refractivity contribution is 7.14. The molecule has 0 amide bonds. The molecule has 0 aliphatic heterocycles. The minimum Gasteiger partial charge on any atom is -0.311 e. The summed E-state index contributed by atoms with van der Waals surface area (Å²) in [5, 5.41) is 23.7. The number of aryl methyl sites for hydroxylation is 1. The Kier molecular flexibility index (Phi) is 3.87. The molecule has 0 saturated carbocycles. The van der Waals surface area contributed by atoms with Crippen LogP contribution in [-0.4, -0.2) is 22.2 Å². The molecule has 2 aromatic rings. The smallest absolute Gasteiger partial charge is 0.279 e. The zero-order valence-corrected chi connectivity index (χ0v) is 11.7. The van der Waals surface area contributed by atoms with Crippen LogP contribution >= 0.6 is 11.3 Å². The van der Waals surface area contributed by atoms with Gasteiger partial charge in [-0.3, -0.25) is 10.1 Å². The lowest BCUT2D eigenvalue weighted by molar-refractivity contribution is -0.384. The number of nitro benzene ring substituents is 1. The molecule has 1 aromatic carbocycles. The van der Waals surface area contributed by atoms with Gasteiger partial charge in [-0.05, 0) is 26.5 Å². The number of hydrogen-bond acceptors (Lipinski definition) is 6. The van der Waals surface area contributed by atoms with Crippen molar-refractivity contribution < 1.29 is 4.92 Å². The molecule has 1 aromatic heterocycles. The Balaban J connectivity index is 2.53. The van der Waals surface area contributed by atoms with Crippen LogP contribution in [0.25, 0.3) is 10.6 Å². The molecule has 0 radical (unpaired) electrons. The minimum absolute atomic E-state index is 0.0693. The molecule has 7 heteroatoms. The summed E-state index contributed by atoms with van der Waals surface area (Å²) in [4.78, 5) is 10.7. The molecule has 6 nitrogen and oxygen atoms in total. The first-order chi connectivity index (χ1) is 9.04. The molecule has 0 aliphatic rings. The first-order valence-corrected chi connectivity index (χ1v) is 6.61. The van der Waals surface area contributed by atoms with Gasteiger partial charge in [-0.25, -0.2) is 0 Å². The maximum absolute atomic E-state index is 11.1. The molecule has 1 N–H and O–H groups in total. The van der Waals surface area contributed by atoms with Gasteiger partial charge in [0.1, 0.15) is 5.01 Å². The number of nitrogens with one attached hydrogen (secondary N) is 1. The Hall–Kier alpha value is -1.86. The maximum atomic E-state index is 11.1. The van der Waals surface area contributed by atoms with Gasteiger partial charge in [-0.2, -0.15) is 0 Å². The van der Waals surface area contributed by atoms with Crippen molar-refractivity contribution in [3.8, 4) is 10.6 Å². The van der Waals surface area contributed by atoms with Gasteiger partial charge in [0, 0.05) is 6.07 Å². The molecule has 100 valence electrons. The molecular formula is C12H14N4O2S. The van der Waals surface area contributed by atoms with E-state index in [-0.39, 0.29) is 16.7 Å². The van der Waals surface area contributed by atoms with Crippen molar-refractivity contribution in [2.75, 3.05) is 7.05 Å². The van der Waals surface area contributed by atoms with Crippen LogP contribution in [0.4, 0.5) is 5.69 Å². The highest BCUT2D eigenvalue weighted by atomic mass is 32.1. The van der Waals surface area contributed by atoms with Gasteiger partial charge < -0.3 is 5.32 Å². The number of aromatic nitrogens is 2. The van der Waals surface area contributed by atoms with E-state index in [0.717, 1.165) is 10.6 Å². The van der Waals surface area contributed by atoms with Gasteiger partial charge in [0.15, 0.2) is 5.01 Å².